The van der Waals surface area contributed by atoms with Gasteiger partial charge < -0.3 is 15.2 Å². The van der Waals surface area contributed by atoms with Gasteiger partial charge in [0.05, 0.1) is 24.9 Å². The van der Waals surface area contributed by atoms with Gasteiger partial charge in [-0.3, -0.25) is 14.5 Å². The van der Waals surface area contributed by atoms with Crippen molar-refractivity contribution in [1.82, 2.24) is 4.90 Å². The number of rotatable bonds is 7. The fourth-order valence-corrected chi connectivity index (χ4v) is 4.55. The number of carboxylic acid groups (broad SMARTS) is 1. The summed E-state index contributed by atoms with van der Waals surface area (Å²) in [6, 6.07) is 22.6. The van der Waals surface area contributed by atoms with Crippen molar-refractivity contribution in [1.29, 1.82) is 0 Å². The molecule has 1 fully saturated rings. The van der Waals surface area contributed by atoms with Crippen LogP contribution in [-0.4, -0.2) is 45.3 Å². The number of ether oxygens (including phenoxy) is 1. The Morgan fingerprint density at radius 2 is 1.74 bits per heavy atom. The molecule has 0 aromatic heterocycles. The first-order valence-electron chi connectivity index (χ1n) is 10.8. The van der Waals surface area contributed by atoms with Gasteiger partial charge >= 0.3 is 5.97 Å². The zero-order chi connectivity index (χ0) is 24.8. The van der Waals surface area contributed by atoms with Gasteiger partial charge in [0.1, 0.15) is 11.0 Å². The molecule has 0 saturated carbocycles. The van der Waals surface area contributed by atoms with Gasteiger partial charge in [0.25, 0.3) is 0 Å². The van der Waals surface area contributed by atoms with E-state index in [9.17, 15) is 14.4 Å². The average molecular weight is 490 g/mol. The number of benzene rings is 3. The molecule has 0 bridgehead atoms. The van der Waals surface area contributed by atoms with E-state index in [1.807, 2.05) is 30.3 Å². The van der Waals surface area contributed by atoms with E-state index < -0.39 is 11.2 Å². The summed E-state index contributed by atoms with van der Waals surface area (Å²) in [6.07, 6.45) is 0.0121. The first kappa shape index (κ1) is 24.0. The molecule has 178 valence electrons. The minimum absolute atomic E-state index is 0.0121. The standard InChI is InChI=1S/C26H23N3O5S/c1-34-21-13-11-20(12-14-21)28-26-29(16-17-5-3-2-4-6-17)23(30)15-22(35-26)24(31)27-19-9-7-18(8-10-19)25(32)33/h2-14,22H,15-16H2,1H3,(H,27,31)(H,32,33). The number of anilines is 1. The number of nitrogens with zero attached hydrogens (tertiary/aromatic N) is 2. The Labute approximate surface area is 206 Å². The molecule has 2 N–H and O–H groups in total. The molecule has 0 radical (unpaired) electrons. The van der Waals surface area contributed by atoms with Crippen molar-refractivity contribution in [2.45, 2.75) is 18.2 Å². The number of carboxylic acids is 1. The van der Waals surface area contributed by atoms with Gasteiger partial charge in [0.2, 0.25) is 11.8 Å². The highest BCUT2D eigenvalue weighted by Gasteiger charge is 2.36. The summed E-state index contributed by atoms with van der Waals surface area (Å²) in [7, 11) is 1.58. The quantitative estimate of drug-likeness (QED) is 0.504. The second kappa shape index (κ2) is 10.9. The molecule has 1 heterocycles. The van der Waals surface area contributed by atoms with E-state index in [1.54, 1.807) is 36.3 Å². The topological polar surface area (TPSA) is 108 Å². The summed E-state index contributed by atoms with van der Waals surface area (Å²) in [4.78, 5) is 43.5. The van der Waals surface area contributed by atoms with Crippen LogP contribution >= 0.6 is 11.8 Å². The summed E-state index contributed by atoms with van der Waals surface area (Å²) in [5.41, 5.74) is 2.15. The largest absolute Gasteiger partial charge is 0.497 e. The number of hydrogen-bond donors (Lipinski definition) is 2. The fourth-order valence-electron chi connectivity index (χ4n) is 3.45. The zero-order valence-electron chi connectivity index (χ0n) is 18.9. The summed E-state index contributed by atoms with van der Waals surface area (Å²) in [5, 5.41) is 11.6. The number of carbonyl (C=O) groups excluding carboxylic acids is 2. The van der Waals surface area contributed by atoms with Crippen LogP contribution in [0.25, 0.3) is 0 Å². The predicted octanol–water partition coefficient (Wildman–Crippen LogP) is 4.55. The number of carbonyl (C=O) groups is 3. The lowest BCUT2D eigenvalue weighted by atomic mass is 10.2. The lowest BCUT2D eigenvalue weighted by Gasteiger charge is -2.32. The van der Waals surface area contributed by atoms with Gasteiger partial charge in [-0.2, -0.15) is 0 Å². The molecule has 2 amide bonds. The molecule has 1 aliphatic rings. The third-order valence-corrected chi connectivity index (χ3v) is 6.50. The van der Waals surface area contributed by atoms with Gasteiger partial charge in [-0.15, -0.1) is 0 Å². The van der Waals surface area contributed by atoms with E-state index in [0.29, 0.717) is 28.8 Å². The number of thioether (sulfide) groups is 1. The molecule has 0 aliphatic carbocycles. The normalized spacial score (nSPS) is 16.7. The van der Waals surface area contributed by atoms with Gasteiger partial charge in [-0.1, -0.05) is 42.1 Å². The van der Waals surface area contributed by atoms with Crippen molar-refractivity contribution in [2.75, 3.05) is 12.4 Å². The number of methoxy groups -OCH3 is 1. The van der Waals surface area contributed by atoms with E-state index in [-0.39, 0.29) is 23.8 Å². The summed E-state index contributed by atoms with van der Waals surface area (Å²) >= 11 is 1.22. The van der Waals surface area contributed by atoms with Gasteiger partial charge in [-0.25, -0.2) is 9.79 Å². The molecule has 3 aromatic carbocycles. The maximum atomic E-state index is 13.2. The van der Waals surface area contributed by atoms with Crippen molar-refractivity contribution < 1.29 is 24.2 Å². The zero-order valence-corrected chi connectivity index (χ0v) is 19.7. The highest BCUT2D eigenvalue weighted by Crippen LogP contribution is 2.31. The Kier molecular flexibility index (Phi) is 7.47. The second-order valence-electron chi connectivity index (χ2n) is 7.74. The Hall–Kier alpha value is -4.11. The number of aromatic carboxylic acids is 1. The van der Waals surface area contributed by atoms with Gasteiger partial charge in [0.15, 0.2) is 5.17 Å². The SMILES string of the molecule is COc1ccc(N=C2SC(C(=O)Nc3ccc(C(=O)O)cc3)CC(=O)N2Cc2ccccc2)cc1. The third-order valence-electron chi connectivity index (χ3n) is 5.31. The van der Waals surface area contributed by atoms with Gasteiger partial charge in [-0.05, 0) is 54.1 Å². The third kappa shape index (κ3) is 6.07. The summed E-state index contributed by atoms with van der Waals surface area (Å²) in [6.45, 7) is 0.340. The maximum absolute atomic E-state index is 13.2. The van der Waals surface area contributed by atoms with Crippen LogP contribution < -0.4 is 10.1 Å². The molecule has 1 atom stereocenters. The lowest BCUT2D eigenvalue weighted by Crippen LogP contribution is -2.44. The van der Waals surface area contributed by atoms with Crippen molar-refractivity contribution in [3.8, 4) is 5.75 Å². The Morgan fingerprint density at radius 1 is 1.06 bits per heavy atom. The van der Waals surface area contributed by atoms with Crippen LogP contribution in [-0.2, 0) is 16.1 Å². The highest BCUT2D eigenvalue weighted by atomic mass is 32.2. The lowest BCUT2D eigenvalue weighted by molar-refractivity contribution is -0.129. The number of hydrogen-bond acceptors (Lipinski definition) is 6. The smallest absolute Gasteiger partial charge is 0.335 e. The molecule has 3 aromatic rings. The summed E-state index contributed by atoms with van der Waals surface area (Å²) in [5.74, 6) is -0.919. The molecule has 1 unspecified atom stereocenters. The Balaban J connectivity index is 1.57. The number of nitrogens with one attached hydrogen (secondary N) is 1. The number of amidine groups is 1. The molecular formula is C26H23N3O5S. The predicted molar refractivity (Wildman–Crippen MR) is 135 cm³/mol. The van der Waals surface area contributed by atoms with Crippen LogP contribution in [0, 0.1) is 0 Å². The van der Waals surface area contributed by atoms with Crippen LogP contribution in [0.3, 0.4) is 0 Å². The van der Waals surface area contributed by atoms with E-state index >= 15 is 0 Å². The molecule has 35 heavy (non-hydrogen) atoms. The molecule has 0 spiro atoms. The average Bonchev–Trinajstić information content (AvgIpc) is 2.87. The highest BCUT2D eigenvalue weighted by molar-refractivity contribution is 8.15. The van der Waals surface area contributed by atoms with Gasteiger partial charge in [0, 0.05) is 12.1 Å². The van der Waals surface area contributed by atoms with E-state index in [1.165, 1.54) is 36.0 Å². The molecule has 9 heteroatoms. The molecule has 4 rings (SSSR count). The Bertz CT molecular complexity index is 1240. The molecule has 1 saturated heterocycles. The number of aliphatic imine (C=N–C) groups is 1. The minimum atomic E-state index is -1.05. The van der Waals surface area contributed by atoms with Crippen LogP contribution in [0.15, 0.2) is 83.9 Å². The minimum Gasteiger partial charge on any atom is -0.497 e. The number of amides is 2. The van der Waals surface area contributed by atoms with E-state index in [2.05, 4.69) is 10.3 Å². The molecular weight excluding hydrogens is 466 g/mol. The first-order valence-corrected chi connectivity index (χ1v) is 11.7. The van der Waals surface area contributed by atoms with Crippen molar-refractivity contribution in [3.05, 3.63) is 90.0 Å². The van der Waals surface area contributed by atoms with Crippen molar-refractivity contribution in [2.24, 2.45) is 4.99 Å². The summed E-state index contributed by atoms with van der Waals surface area (Å²) < 4.78 is 5.20. The first-order chi connectivity index (χ1) is 16.9. The van der Waals surface area contributed by atoms with Crippen LogP contribution in [0.2, 0.25) is 0 Å². The van der Waals surface area contributed by atoms with Crippen molar-refractivity contribution in [3.63, 3.8) is 0 Å². The van der Waals surface area contributed by atoms with E-state index in [0.717, 1.165) is 5.56 Å². The van der Waals surface area contributed by atoms with Crippen LogP contribution in [0.5, 0.6) is 5.75 Å². The maximum Gasteiger partial charge on any atom is 0.335 e. The second-order valence-corrected chi connectivity index (χ2v) is 8.91. The Morgan fingerprint density at radius 3 is 2.37 bits per heavy atom. The van der Waals surface area contributed by atoms with Crippen LogP contribution in [0.4, 0.5) is 11.4 Å². The van der Waals surface area contributed by atoms with E-state index in [4.69, 9.17) is 9.84 Å². The molecule has 1 aliphatic heterocycles. The van der Waals surface area contributed by atoms with Crippen LogP contribution in [0.1, 0.15) is 22.3 Å². The molecule has 8 nitrogen and oxygen atoms in total. The fraction of sp³-hybridized carbons (Fsp3) is 0.154. The van der Waals surface area contributed by atoms with Crippen molar-refractivity contribution >= 4 is 46.1 Å². The monoisotopic (exact) mass is 489 g/mol.